The monoisotopic (exact) mass is 997 g/mol. The summed E-state index contributed by atoms with van der Waals surface area (Å²) >= 11 is 1.12. The maximum atomic E-state index is 14.3. The number of aromatic nitrogens is 1. The molecule has 0 fully saturated rings. The zero-order valence-corrected chi connectivity index (χ0v) is 43.5. The number of nitrogens with two attached hydrogens (primary N) is 1. The number of carbonyl (C=O) groups is 8. The van der Waals surface area contributed by atoms with Gasteiger partial charge in [0.15, 0.2) is 6.10 Å². The standard InChI is InChI=1S/C49H76N10O10S/c1-12-30(4)43(56-48(68)49(7,8)57(9)10)47(67)58(11)37(29(2)3)27-39(69-32(6)60)46-55-36(28-70-46)45(66)53-34(24-31(5)44(65)52-22-21-51-20-19-50)25-33-15-16-38(61)35(26-33)54-40(62)14-13-23-59-41(63)17-18-42(59)64/h15-18,26,28-31,34,37,39,43,51,61H,12-14,19-25,27,50H2,1-11H3,(H,52,65)(H,53,66)(H,54,62)(H,56,68)/t30-,31?,34+,37+,39+,43-/m0/s1. The molecule has 388 valence electrons. The Morgan fingerprint density at radius 1 is 0.957 bits per heavy atom. The van der Waals surface area contributed by atoms with Gasteiger partial charge in [0, 0.05) is 95.1 Å². The molecule has 0 aliphatic carbocycles. The number of nitrogens with zero attached hydrogens (tertiary/aromatic N) is 4. The predicted octanol–water partition coefficient (Wildman–Crippen LogP) is 2.87. The van der Waals surface area contributed by atoms with Gasteiger partial charge in [0.25, 0.3) is 17.7 Å². The number of amides is 7. The van der Waals surface area contributed by atoms with Gasteiger partial charge in [0.05, 0.1) is 11.2 Å². The second-order valence-corrected chi connectivity index (χ2v) is 19.9. The van der Waals surface area contributed by atoms with Crippen LogP contribution in [0.4, 0.5) is 5.69 Å². The van der Waals surface area contributed by atoms with Gasteiger partial charge in [-0.2, -0.15) is 0 Å². The van der Waals surface area contributed by atoms with Crippen LogP contribution in [0.15, 0.2) is 35.7 Å². The van der Waals surface area contributed by atoms with Crippen molar-refractivity contribution in [2.75, 3.05) is 59.2 Å². The molecule has 3 rings (SSSR count). The molecule has 1 aliphatic rings. The van der Waals surface area contributed by atoms with Crippen LogP contribution in [-0.4, -0.2) is 150 Å². The van der Waals surface area contributed by atoms with E-state index in [-0.39, 0.29) is 85.3 Å². The summed E-state index contributed by atoms with van der Waals surface area (Å²) in [6, 6.07) is 2.64. The summed E-state index contributed by atoms with van der Waals surface area (Å²) in [5.41, 5.74) is 5.42. The van der Waals surface area contributed by atoms with Gasteiger partial charge in [-0.1, -0.05) is 47.1 Å². The van der Waals surface area contributed by atoms with Crippen LogP contribution in [0, 0.1) is 17.8 Å². The first-order valence-corrected chi connectivity index (χ1v) is 24.8. The molecule has 1 unspecified atom stereocenters. The molecule has 70 heavy (non-hydrogen) atoms. The van der Waals surface area contributed by atoms with E-state index < -0.39 is 65.3 Å². The van der Waals surface area contributed by atoms with Gasteiger partial charge in [0.2, 0.25) is 23.6 Å². The maximum absolute atomic E-state index is 14.3. The van der Waals surface area contributed by atoms with Gasteiger partial charge in [-0.25, -0.2) is 4.98 Å². The normalized spacial score (nSPS) is 15.3. The van der Waals surface area contributed by atoms with Crippen LogP contribution in [0.1, 0.15) is 115 Å². The number of phenolic OH excluding ortho intramolecular Hbond substituents is 1. The maximum Gasteiger partial charge on any atom is 0.303 e. The van der Waals surface area contributed by atoms with Crippen LogP contribution in [0.5, 0.6) is 5.75 Å². The SMILES string of the molecule is CC[C@H](C)[C@H](NC(=O)C(C)(C)N(C)C)C(=O)N(C)[C@H](C[C@@H](OC(C)=O)c1nc(C(=O)N[C@@H](Cc2ccc(O)c(NC(=O)CCCN3C(=O)C=CC3=O)c2)CC(C)C(=O)NCCNCCN)cs1)C(C)C. The number of likely N-dealkylation sites (N-methyl/N-ethyl adjacent to an activating group) is 2. The van der Waals surface area contributed by atoms with Crippen molar-refractivity contribution >= 4 is 64.3 Å². The second kappa shape index (κ2) is 27.6. The molecule has 20 nitrogen and oxygen atoms in total. The van der Waals surface area contributed by atoms with Gasteiger partial charge < -0.3 is 47.1 Å². The predicted molar refractivity (Wildman–Crippen MR) is 267 cm³/mol. The fourth-order valence-electron chi connectivity index (χ4n) is 7.64. The van der Waals surface area contributed by atoms with E-state index >= 15 is 0 Å². The lowest BCUT2D eigenvalue weighted by molar-refractivity contribution is -0.149. The number of imide groups is 1. The molecular weight excluding hydrogens is 921 g/mol. The smallest absolute Gasteiger partial charge is 0.303 e. The topological polar surface area (TPSA) is 275 Å². The van der Waals surface area contributed by atoms with E-state index in [0.717, 1.165) is 16.2 Å². The van der Waals surface area contributed by atoms with Crippen molar-refractivity contribution in [1.82, 2.24) is 41.0 Å². The first kappa shape index (κ1) is 58.5. The molecule has 7 amide bonds. The molecular formula is C49H76N10O10S. The number of carbonyl (C=O) groups excluding carboxylic acids is 8. The van der Waals surface area contributed by atoms with Crippen molar-refractivity contribution in [2.24, 2.45) is 23.5 Å². The second-order valence-electron chi connectivity index (χ2n) is 19.0. The quantitative estimate of drug-likeness (QED) is 0.0267. The molecule has 2 heterocycles. The van der Waals surface area contributed by atoms with Crippen LogP contribution >= 0.6 is 11.3 Å². The first-order chi connectivity index (χ1) is 32.9. The minimum absolute atomic E-state index is 0.0330. The zero-order chi connectivity index (χ0) is 52.5. The van der Waals surface area contributed by atoms with Gasteiger partial charge in [-0.05, 0) is 76.7 Å². The Kier molecular flexibility index (Phi) is 23.1. The highest BCUT2D eigenvalue weighted by atomic mass is 32.1. The fraction of sp³-hybridized carbons (Fsp3) is 0.612. The van der Waals surface area contributed by atoms with Crippen molar-refractivity contribution in [1.29, 1.82) is 0 Å². The number of hydrogen-bond donors (Lipinski definition) is 7. The first-order valence-electron chi connectivity index (χ1n) is 23.9. The van der Waals surface area contributed by atoms with Crippen molar-refractivity contribution in [3.63, 3.8) is 0 Å². The summed E-state index contributed by atoms with van der Waals surface area (Å²) in [6.45, 7) is 16.3. The number of rotatable bonds is 29. The van der Waals surface area contributed by atoms with E-state index in [1.165, 1.54) is 25.1 Å². The summed E-state index contributed by atoms with van der Waals surface area (Å²) in [7, 11) is 5.26. The third-order valence-electron chi connectivity index (χ3n) is 12.7. The largest absolute Gasteiger partial charge is 0.506 e. The molecule has 0 spiro atoms. The average Bonchev–Trinajstić information content (AvgIpc) is 3.92. The van der Waals surface area contributed by atoms with Crippen LogP contribution in [-0.2, 0) is 44.7 Å². The Labute approximate surface area is 416 Å². The average molecular weight is 997 g/mol. The van der Waals surface area contributed by atoms with E-state index in [4.69, 9.17) is 10.5 Å². The highest BCUT2D eigenvalue weighted by Crippen LogP contribution is 2.32. The highest BCUT2D eigenvalue weighted by molar-refractivity contribution is 7.09. The minimum atomic E-state index is -0.942. The molecule has 0 bridgehead atoms. The Hall–Kier alpha value is -5.77. The summed E-state index contributed by atoms with van der Waals surface area (Å²) in [5, 5.41) is 27.3. The van der Waals surface area contributed by atoms with E-state index in [2.05, 4.69) is 31.6 Å². The molecule has 0 saturated heterocycles. The van der Waals surface area contributed by atoms with Crippen molar-refractivity contribution in [3.8, 4) is 5.75 Å². The Morgan fingerprint density at radius 3 is 2.23 bits per heavy atom. The molecule has 0 saturated carbocycles. The van der Waals surface area contributed by atoms with Gasteiger partial charge >= 0.3 is 5.97 Å². The number of esters is 1. The molecule has 21 heteroatoms. The highest BCUT2D eigenvalue weighted by Gasteiger charge is 2.39. The van der Waals surface area contributed by atoms with Gasteiger partial charge in [-0.15, -0.1) is 11.3 Å². The molecule has 0 radical (unpaired) electrons. The van der Waals surface area contributed by atoms with Crippen molar-refractivity contribution < 1.29 is 48.2 Å². The van der Waals surface area contributed by atoms with Crippen LogP contribution < -0.4 is 32.3 Å². The fourth-order valence-corrected chi connectivity index (χ4v) is 8.48. The summed E-state index contributed by atoms with van der Waals surface area (Å²) in [4.78, 5) is 113. The number of ether oxygens (including phenoxy) is 1. The van der Waals surface area contributed by atoms with Crippen LogP contribution in [0.25, 0.3) is 0 Å². The van der Waals surface area contributed by atoms with E-state index in [1.807, 2.05) is 27.7 Å². The van der Waals surface area contributed by atoms with E-state index in [1.54, 1.807) is 69.2 Å². The molecule has 1 aliphatic heterocycles. The van der Waals surface area contributed by atoms with Crippen molar-refractivity contribution in [3.05, 3.63) is 52.0 Å². The molecule has 8 N–H and O–H groups in total. The summed E-state index contributed by atoms with van der Waals surface area (Å²) in [5.74, 6) is -4.42. The van der Waals surface area contributed by atoms with Gasteiger partial charge in [-0.3, -0.25) is 48.2 Å². The lowest BCUT2D eigenvalue weighted by Crippen LogP contribution is -2.60. The third kappa shape index (κ3) is 17.3. The zero-order valence-electron chi connectivity index (χ0n) is 42.7. The number of thiazole rings is 1. The molecule has 2 aromatic rings. The number of nitrogens with one attached hydrogen (secondary N) is 5. The van der Waals surface area contributed by atoms with Crippen LogP contribution in [0.2, 0.25) is 0 Å². The number of aromatic hydroxyl groups is 1. The molecule has 1 aromatic heterocycles. The van der Waals surface area contributed by atoms with Crippen molar-refractivity contribution in [2.45, 2.75) is 124 Å². The van der Waals surface area contributed by atoms with E-state index in [0.29, 0.717) is 43.2 Å². The number of phenols is 1. The third-order valence-corrected chi connectivity index (χ3v) is 13.6. The Morgan fingerprint density at radius 2 is 1.63 bits per heavy atom. The Balaban J connectivity index is 1.86. The van der Waals surface area contributed by atoms with Crippen LogP contribution in [0.3, 0.4) is 0 Å². The lowest BCUT2D eigenvalue weighted by Gasteiger charge is -2.38. The number of benzene rings is 1. The summed E-state index contributed by atoms with van der Waals surface area (Å²) in [6.07, 6.45) is 2.69. The van der Waals surface area contributed by atoms with E-state index in [9.17, 15) is 43.5 Å². The number of anilines is 1. The Bertz CT molecular complexity index is 2160. The minimum Gasteiger partial charge on any atom is -0.506 e. The lowest BCUT2D eigenvalue weighted by atomic mass is 9.92. The molecule has 6 atom stereocenters. The molecule has 1 aromatic carbocycles. The number of hydrogen-bond acceptors (Lipinski definition) is 15. The van der Waals surface area contributed by atoms with Gasteiger partial charge in [0.1, 0.15) is 22.5 Å². The summed E-state index contributed by atoms with van der Waals surface area (Å²) < 4.78 is 5.83.